The van der Waals surface area contributed by atoms with E-state index in [0.29, 0.717) is 35.8 Å². The lowest BCUT2D eigenvalue weighted by atomic mass is 10.1. The molecule has 36 heavy (non-hydrogen) atoms. The van der Waals surface area contributed by atoms with E-state index in [0.717, 1.165) is 6.07 Å². The van der Waals surface area contributed by atoms with Gasteiger partial charge < -0.3 is 20.4 Å². The summed E-state index contributed by atoms with van der Waals surface area (Å²) in [5.41, 5.74) is 0.283. The first-order chi connectivity index (χ1) is 17.2. The summed E-state index contributed by atoms with van der Waals surface area (Å²) >= 11 is 0. The summed E-state index contributed by atoms with van der Waals surface area (Å²) in [6.07, 6.45) is -4.63. The largest absolute Gasteiger partial charge is 0.417 e. The zero-order chi connectivity index (χ0) is 25.4. The third-order valence-electron chi connectivity index (χ3n) is 6.03. The van der Waals surface area contributed by atoms with Crippen LogP contribution in [0.25, 0.3) is 0 Å². The number of fused-ring (bicyclic) bond motifs is 2. The second kappa shape index (κ2) is 8.84. The second-order valence-corrected chi connectivity index (χ2v) is 8.24. The first-order valence-electron chi connectivity index (χ1n) is 11.0. The summed E-state index contributed by atoms with van der Waals surface area (Å²) in [6, 6.07) is 13.1. The zero-order valence-corrected chi connectivity index (χ0v) is 18.6. The summed E-state index contributed by atoms with van der Waals surface area (Å²) in [6.45, 7) is 0.954. The van der Waals surface area contributed by atoms with Crippen LogP contribution in [-0.4, -0.2) is 53.1 Å². The lowest BCUT2D eigenvalue weighted by Crippen LogP contribution is -2.49. The minimum Gasteiger partial charge on any atom is -0.352 e. The molecule has 2 aromatic carbocycles. The van der Waals surface area contributed by atoms with E-state index in [2.05, 4.69) is 20.8 Å². The van der Waals surface area contributed by atoms with Crippen LogP contribution in [0.5, 0.6) is 0 Å². The van der Waals surface area contributed by atoms with Gasteiger partial charge >= 0.3 is 6.18 Å². The maximum Gasteiger partial charge on any atom is 0.417 e. The van der Waals surface area contributed by atoms with Gasteiger partial charge in [-0.25, -0.2) is 0 Å². The highest BCUT2D eigenvalue weighted by Crippen LogP contribution is 2.34. The molecule has 0 spiro atoms. The number of carbonyl (C=O) groups excluding carboxylic acids is 2. The number of piperazine rings is 1. The highest BCUT2D eigenvalue weighted by Gasteiger charge is 2.36. The van der Waals surface area contributed by atoms with Crippen molar-refractivity contribution in [2.75, 3.05) is 41.7 Å². The third-order valence-corrected chi connectivity index (χ3v) is 6.03. The number of nitrogens with one attached hydrogen (secondary N) is 2. The Balaban J connectivity index is 1.32. The van der Waals surface area contributed by atoms with E-state index in [4.69, 9.17) is 5.26 Å². The highest BCUT2D eigenvalue weighted by atomic mass is 19.4. The Hall–Kier alpha value is -4.66. The summed E-state index contributed by atoms with van der Waals surface area (Å²) in [5, 5.41) is 23.3. The number of amides is 2. The normalized spacial score (nSPS) is 15.1. The van der Waals surface area contributed by atoms with Gasteiger partial charge in [0.2, 0.25) is 0 Å². The highest BCUT2D eigenvalue weighted by molar-refractivity contribution is 6.11. The van der Waals surface area contributed by atoms with Crippen molar-refractivity contribution in [2.45, 2.75) is 6.18 Å². The number of benzene rings is 2. The molecule has 12 heteroatoms. The van der Waals surface area contributed by atoms with Gasteiger partial charge in [-0.15, -0.1) is 10.2 Å². The maximum absolute atomic E-state index is 13.3. The topological polar surface area (TPSA) is 114 Å². The van der Waals surface area contributed by atoms with Crippen LogP contribution in [0.4, 0.5) is 36.2 Å². The fourth-order valence-corrected chi connectivity index (χ4v) is 4.17. The second-order valence-electron chi connectivity index (χ2n) is 8.24. The number of nitriles is 1. The molecule has 0 bridgehead atoms. The molecule has 2 amide bonds. The van der Waals surface area contributed by atoms with Crippen LogP contribution in [-0.2, 0) is 6.18 Å². The van der Waals surface area contributed by atoms with Gasteiger partial charge in [0.05, 0.1) is 39.7 Å². The summed E-state index contributed by atoms with van der Waals surface area (Å²) in [4.78, 5) is 28.9. The Bertz CT molecular complexity index is 1410. The summed E-state index contributed by atoms with van der Waals surface area (Å²) < 4.78 is 40.0. The molecule has 0 unspecified atom stereocenters. The molecular formula is C24H18F3N7O2. The third kappa shape index (κ3) is 4.26. The number of aromatic nitrogens is 2. The molecule has 5 rings (SSSR count). The Morgan fingerprint density at radius 1 is 0.972 bits per heavy atom. The molecule has 2 aliphatic heterocycles. The molecule has 1 fully saturated rings. The summed E-state index contributed by atoms with van der Waals surface area (Å²) in [5.74, 6) is -0.469. The monoisotopic (exact) mass is 493 g/mol. The van der Waals surface area contributed by atoms with Crippen molar-refractivity contribution < 1.29 is 22.8 Å². The predicted molar refractivity (Wildman–Crippen MR) is 124 cm³/mol. The van der Waals surface area contributed by atoms with Gasteiger partial charge in [0, 0.05) is 26.2 Å². The molecule has 9 nitrogen and oxygen atoms in total. The van der Waals surface area contributed by atoms with E-state index in [9.17, 15) is 22.8 Å². The van der Waals surface area contributed by atoms with Gasteiger partial charge in [0.25, 0.3) is 11.8 Å². The van der Waals surface area contributed by atoms with Crippen molar-refractivity contribution in [1.29, 1.82) is 5.26 Å². The average Bonchev–Trinajstić information content (AvgIpc) is 3.02. The number of rotatable bonds is 2. The Morgan fingerprint density at radius 2 is 1.72 bits per heavy atom. The molecule has 0 atom stereocenters. The number of carbonyl (C=O) groups is 2. The SMILES string of the molecule is N#Cc1ccc2c(c1)NC(=O)c1cc(N3CCN(C(=O)c4ccccc4C(F)(F)F)CC3)nnc1N2. The molecule has 0 aliphatic carbocycles. The van der Waals surface area contributed by atoms with Crippen LogP contribution in [0.1, 0.15) is 31.8 Å². The van der Waals surface area contributed by atoms with Crippen molar-refractivity contribution in [3.05, 3.63) is 70.8 Å². The molecule has 1 saturated heterocycles. The van der Waals surface area contributed by atoms with Crippen LogP contribution >= 0.6 is 0 Å². The molecule has 2 N–H and O–H groups in total. The van der Waals surface area contributed by atoms with Crippen LogP contribution in [0, 0.1) is 11.3 Å². The Morgan fingerprint density at radius 3 is 2.44 bits per heavy atom. The number of hydrogen-bond donors (Lipinski definition) is 2. The first kappa shape index (κ1) is 23.1. The molecule has 182 valence electrons. The lowest BCUT2D eigenvalue weighted by molar-refractivity contribution is -0.138. The fraction of sp³-hybridized carbons (Fsp3) is 0.208. The van der Waals surface area contributed by atoms with Crippen LogP contribution in [0.3, 0.4) is 0 Å². The Kier molecular flexibility index (Phi) is 5.68. The van der Waals surface area contributed by atoms with Gasteiger partial charge in [-0.3, -0.25) is 9.59 Å². The molecule has 3 heterocycles. The smallest absolute Gasteiger partial charge is 0.352 e. The molecule has 0 radical (unpaired) electrons. The van der Waals surface area contributed by atoms with Crippen LogP contribution < -0.4 is 15.5 Å². The quantitative estimate of drug-likeness (QED) is 0.560. The maximum atomic E-state index is 13.3. The van der Waals surface area contributed by atoms with Crippen LogP contribution in [0.15, 0.2) is 48.5 Å². The number of anilines is 4. The van der Waals surface area contributed by atoms with E-state index in [1.54, 1.807) is 24.3 Å². The van der Waals surface area contributed by atoms with E-state index >= 15 is 0 Å². The molecular weight excluding hydrogens is 475 g/mol. The molecule has 0 saturated carbocycles. The van der Waals surface area contributed by atoms with Gasteiger partial charge in [-0.05, 0) is 36.4 Å². The number of nitrogens with zero attached hydrogens (tertiary/aromatic N) is 5. The van der Waals surface area contributed by atoms with E-state index < -0.39 is 23.6 Å². The fourth-order valence-electron chi connectivity index (χ4n) is 4.17. The van der Waals surface area contributed by atoms with Gasteiger partial charge in [-0.2, -0.15) is 18.4 Å². The van der Waals surface area contributed by atoms with Crippen LogP contribution in [0.2, 0.25) is 0 Å². The van der Waals surface area contributed by atoms with E-state index in [1.807, 2.05) is 11.0 Å². The molecule has 1 aromatic heterocycles. The minimum atomic E-state index is -4.63. The first-order valence-corrected chi connectivity index (χ1v) is 11.0. The lowest BCUT2D eigenvalue weighted by Gasteiger charge is -2.35. The van der Waals surface area contributed by atoms with Gasteiger partial charge in [0.15, 0.2) is 11.6 Å². The van der Waals surface area contributed by atoms with Gasteiger partial charge in [0.1, 0.15) is 0 Å². The van der Waals surface area contributed by atoms with Crippen molar-refractivity contribution in [3.8, 4) is 6.07 Å². The Labute approximate surface area is 203 Å². The van der Waals surface area contributed by atoms with E-state index in [1.165, 1.54) is 23.1 Å². The molecule has 3 aromatic rings. The van der Waals surface area contributed by atoms with Crippen molar-refractivity contribution in [3.63, 3.8) is 0 Å². The van der Waals surface area contributed by atoms with Gasteiger partial charge in [-0.1, -0.05) is 12.1 Å². The average molecular weight is 493 g/mol. The molecule has 2 aliphatic rings. The van der Waals surface area contributed by atoms with Crippen molar-refractivity contribution in [2.24, 2.45) is 0 Å². The predicted octanol–water partition coefficient (Wildman–Crippen LogP) is 3.64. The van der Waals surface area contributed by atoms with E-state index in [-0.39, 0.29) is 30.0 Å². The van der Waals surface area contributed by atoms with Crippen molar-refractivity contribution in [1.82, 2.24) is 15.1 Å². The summed E-state index contributed by atoms with van der Waals surface area (Å²) in [7, 11) is 0. The van der Waals surface area contributed by atoms with Crippen molar-refractivity contribution >= 4 is 34.8 Å². The number of halogens is 3. The zero-order valence-electron chi connectivity index (χ0n) is 18.6. The number of hydrogen-bond acceptors (Lipinski definition) is 7. The minimum absolute atomic E-state index is 0.177. The number of alkyl halides is 3. The standard InChI is InChI=1S/C24H18F3N7O2/c25-24(26,27)17-4-2-1-3-15(17)23(36)34-9-7-33(8-10-34)20-12-16-21(32-31-20)29-18-6-5-14(13-28)11-19(18)30-22(16)35/h1-6,11-12H,7-10H2,(H,29,32)(H,30,35).